The lowest BCUT2D eigenvalue weighted by Gasteiger charge is -2.26. The molecule has 0 aromatic heterocycles. The largest absolute Gasteiger partial charge is 0.497 e. The van der Waals surface area contributed by atoms with Crippen molar-refractivity contribution in [2.45, 2.75) is 5.92 Å². The number of carbonyl (C=O) groups is 2. The van der Waals surface area contributed by atoms with Crippen LogP contribution in [0.4, 0.5) is 0 Å². The smallest absolute Gasteiger partial charge is 0.333 e. The zero-order valence-corrected chi connectivity index (χ0v) is 16.0. The average molecular weight is 385 g/mol. The van der Waals surface area contributed by atoms with E-state index in [2.05, 4.69) is 13.2 Å². The third-order valence-corrected chi connectivity index (χ3v) is 4.68. The van der Waals surface area contributed by atoms with Crippen molar-refractivity contribution < 1.29 is 19.1 Å². The van der Waals surface area contributed by atoms with Crippen molar-refractivity contribution in [1.82, 2.24) is 0 Å². The minimum atomic E-state index is -0.761. The number of allylic oxidation sites excluding steroid dienone is 1. The van der Waals surface area contributed by atoms with E-state index in [4.69, 9.17) is 21.1 Å². The Morgan fingerprint density at radius 3 is 2.41 bits per heavy atom. The SMILES string of the molecule is C=C[C@H](C(=O)c1cccc(OC)c1)[C@@H](C(=C)C(=O)OC)c1ccccc1Cl. The predicted molar refractivity (Wildman–Crippen MR) is 106 cm³/mol. The van der Waals surface area contributed by atoms with E-state index >= 15 is 0 Å². The molecular formula is C22H21ClO4. The lowest BCUT2D eigenvalue weighted by molar-refractivity contribution is -0.136. The maximum atomic E-state index is 13.2. The summed E-state index contributed by atoms with van der Waals surface area (Å²) in [6.45, 7) is 7.67. The fourth-order valence-corrected chi connectivity index (χ4v) is 3.20. The van der Waals surface area contributed by atoms with Crippen LogP contribution in [0.25, 0.3) is 0 Å². The molecule has 2 rings (SSSR count). The molecule has 0 radical (unpaired) electrons. The average Bonchev–Trinajstić information content (AvgIpc) is 2.71. The summed E-state index contributed by atoms with van der Waals surface area (Å²) in [5, 5.41) is 0.429. The van der Waals surface area contributed by atoms with E-state index in [1.807, 2.05) is 0 Å². The summed E-state index contributed by atoms with van der Waals surface area (Å²) in [4.78, 5) is 25.4. The maximum absolute atomic E-state index is 13.2. The Morgan fingerprint density at radius 2 is 1.81 bits per heavy atom. The molecule has 0 fully saturated rings. The summed E-state index contributed by atoms with van der Waals surface area (Å²) < 4.78 is 10.0. The molecule has 0 unspecified atom stereocenters. The number of hydrogen-bond donors (Lipinski definition) is 0. The Kier molecular flexibility index (Phi) is 6.97. The van der Waals surface area contributed by atoms with Gasteiger partial charge in [0.15, 0.2) is 5.78 Å². The second-order valence-electron chi connectivity index (χ2n) is 5.87. The Balaban J connectivity index is 2.55. The molecule has 2 atom stereocenters. The summed E-state index contributed by atoms with van der Waals surface area (Å²) in [5.41, 5.74) is 1.18. The number of benzene rings is 2. The highest BCUT2D eigenvalue weighted by atomic mass is 35.5. The van der Waals surface area contributed by atoms with Crippen LogP contribution in [-0.2, 0) is 9.53 Å². The van der Waals surface area contributed by atoms with Crippen LogP contribution >= 0.6 is 11.6 Å². The van der Waals surface area contributed by atoms with Gasteiger partial charge < -0.3 is 9.47 Å². The first kappa shape index (κ1) is 20.5. The molecule has 0 amide bonds. The molecule has 4 nitrogen and oxygen atoms in total. The number of carbonyl (C=O) groups excluding carboxylic acids is 2. The van der Waals surface area contributed by atoms with Crippen molar-refractivity contribution in [2.24, 2.45) is 5.92 Å². The van der Waals surface area contributed by atoms with E-state index in [1.165, 1.54) is 20.3 Å². The minimum absolute atomic E-state index is 0.131. The number of hydrogen-bond acceptors (Lipinski definition) is 4. The number of methoxy groups -OCH3 is 2. The Hall–Kier alpha value is -2.85. The molecule has 0 spiro atoms. The van der Waals surface area contributed by atoms with Crippen molar-refractivity contribution in [2.75, 3.05) is 14.2 Å². The summed E-state index contributed by atoms with van der Waals surface area (Å²) in [5.74, 6) is -1.74. The molecule has 2 aromatic rings. The Morgan fingerprint density at radius 1 is 1.11 bits per heavy atom. The molecule has 0 aliphatic heterocycles. The molecule has 0 aliphatic rings. The van der Waals surface area contributed by atoms with Gasteiger partial charge >= 0.3 is 5.97 Å². The van der Waals surface area contributed by atoms with E-state index in [0.717, 1.165) is 0 Å². The van der Waals surface area contributed by atoms with Crippen molar-refractivity contribution in [1.29, 1.82) is 0 Å². The fraction of sp³-hybridized carbons (Fsp3) is 0.182. The van der Waals surface area contributed by atoms with Crippen LogP contribution in [0.1, 0.15) is 21.8 Å². The summed E-state index contributed by atoms with van der Waals surface area (Å²) in [6.07, 6.45) is 1.50. The van der Waals surface area contributed by atoms with E-state index in [-0.39, 0.29) is 11.4 Å². The molecule has 0 saturated carbocycles. The van der Waals surface area contributed by atoms with Gasteiger partial charge in [-0.25, -0.2) is 4.79 Å². The zero-order chi connectivity index (χ0) is 20.0. The molecule has 140 valence electrons. The highest BCUT2D eigenvalue weighted by molar-refractivity contribution is 6.31. The zero-order valence-electron chi connectivity index (χ0n) is 15.3. The van der Waals surface area contributed by atoms with E-state index in [0.29, 0.717) is 21.9 Å². The van der Waals surface area contributed by atoms with Gasteiger partial charge in [-0.1, -0.05) is 54.6 Å². The maximum Gasteiger partial charge on any atom is 0.333 e. The van der Waals surface area contributed by atoms with Crippen LogP contribution in [0.5, 0.6) is 5.75 Å². The molecular weight excluding hydrogens is 364 g/mol. The predicted octanol–water partition coefficient (Wildman–Crippen LogP) is 4.85. The number of Topliss-reactive ketones (excluding diaryl/α,β-unsaturated/α-hetero) is 1. The number of ether oxygens (including phenoxy) is 2. The van der Waals surface area contributed by atoms with Crippen molar-refractivity contribution in [3.63, 3.8) is 0 Å². The number of esters is 1. The lowest BCUT2D eigenvalue weighted by atomic mass is 9.77. The fourth-order valence-electron chi connectivity index (χ4n) is 2.95. The highest BCUT2D eigenvalue weighted by Crippen LogP contribution is 2.38. The topological polar surface area (TPSA) is 52.6 Å². The van der Waals surface area contributed by atoms with Gasteiger partial charge in [0.1, 0.15) is 5.75 Å². The number of rotatable bonds is 8. The molecule has 0 N–H and O–H groups in total. The minimum Gasteiger partial charge on any atom is -0.497 e. The highest BCUT2D eigenvalue weighted by Gasteiger charge is 2.34. The van der Waals surface area contributed by atoms with Gasteiger partial charge in [0.2, 0.25) is 0 Å². The quantitative estimate of drug-likeness (QED) is 0.282. The van der Waals surface area contributed by atoms with Gasteiger partial charge in [0, 0.05) is 22.1 Å². The van der Waals surface area contributed by atoms with Crippen LogP contribution in [0.2, 0.25) is 5.02 Å². The first-order valence-electron chi connectivity index (χ1n) is 8.27. The molecule has 0 heterocycles. The third kappa shape index (κ3) is 4.47. The molecule has 0 bridgehead atoms. The normalized spacial score (nSPS) is 12.6. The summed E-state index contributed by atoms with van der Waals surface area (Å²) >= 11 is 6.35. The van der Waals surface area contributed by atoms with Gasteiger partial charge in [0.05, 0.1) is 20.1 Å². The van der Waals surface area contributed by atoms with E-state index in [1.54, 1.807) is 48.5 Å². The summed E-state index contributed by atoms with van der Waals surface area (Å²) in [6, 6.07) is 13.8. The molecule has 2 aromatic carbocycles. The van der Waals surface area contributed by atoms with Crippen LogP contribution in [0, 0.1) is 5.92 Å². The molecule has 0 aliphatic carbocycles. The van der Waals surface area contributed by atoms with E-state index in [9.17, 15) is 9.59 Å². The molecule has 0 saturated heterocycles. The lowest BCUT2D eigenvalue weighted by Crippen LogP contribution is -2.26. The second kappa shape index (κ2) is 9.19. The van der Waals surface area contributed by atoms with Crippen LogP contribution in [-0.4, -0.2) is 26.0 Å². The first-order valence-corrected chi connectivity index (χ1v) is 8.64. The van der Waals surface area contributed by atoms with Gasteiger partial charge in [-0.15, -0.1) is 6.58 Å². The van der Waals surface area contributed by atoms with E-state index < -0.39 is 17.8 Å². The van der Waals surface area contributed by atoms with Gasteiger partial charge in [-0.2, -0.15) is 0 Å². The molecule has 27 heavy (non-hydrogen) atoms. The number of halogens is 1. The van der Waals surface area contributed by atoms with Crippen molar-refractivity contribution in [3.8, 4) is 5.75 Å². The van der Waals surface area contributed by atoms with Crippen molar-refractivity contribution in [3.05, 3.63) is 89.5 Å². The standard InChI is InChI=1S/C22H21ClO4/c1-5-17(21(24)15-9-8-10-16(13-15)26-3)20(14(2)22(25)27-4)18-11-6-7-12-19(18)23/h5-13,17,20H,1-2H2,3-4H3/t17-,20+/m0/s1. The molecule has 5 heteroatoms. The summed E-state index contributed by atoms with van der Waals surface area (Å²) in [7, 11) is 2.80. The van der Waals surface area contributed by atoms with Crippen LogP contribution < -0.4 is 4.74 Å². The van der Waals surface area contributed by atoms with Gasteiger partial charge in [-0.05, 0) is 23.8 Å². The van der Waals surface area contributed by atoms with Crippen LogP contribution in [0.3, 0.4) is 0 Å². The first-order chi connectivity index (χ1) is 12.9. The number of ketones is 1. The monoisotopic (exact) mass is 384 g/mol. The second-order valence-corrected chi connectivity index (χ2v) is 6.28. The third-order valence-electron chi connectivity index (χ3n) is 4.33. The van der Waals surface area contributed by atoms with Crippen molar-refractivity contribution >= 4 is 23.4 Å². The van der Waals surface area contributed by atoms with Crippen LogP contribution in [0.15, 0.2) is 73.3 Å². The Labute approximate surface area is 164 Å². The van der Waals surface area contributed by atoms with Gasteiger partial charge in [0.25, 0.3) is 0 Å². The van der Waals surface area contributed by atoms with Gasteiger partial charge in [-0.3, -0.25) is 4.79 Å². The Bertz CT molecular complexity index is 872.